The number of ether oxygens (including phenoxy) is 1. The molecule has 150 valence electrons. The van der Waals surface area contributed by atoms with Crippen molar-refractivity contribution >= 4 is 20.1 Å². The third-order valence-electron chi connectivity index (χ3n) is 6.54. The molecule has 2 aliphatic carbocycles. The quantitative estimate of drug-likeness (QED) is 0.290. The van der Waals surface area contributed by atoms with Crippen LogP contribution in [0.5, 0.6) is 0 Å². The van der Waals surface area contributed by atoms with Gasteiger partial charge in [0, 0.05) is 12.3 Å². The van der Waals surface area contributed by atoms with Gasteiger partial charge < -0.3 is 9.16 Å². The third kappa shape index (κ3) is 4.70. The number of esters is 1. The standard InChI is InChI=1S/C21H33NO4Si/c1-21(2,3)27(5,6)26-17-12-15-11-14(9-7-8-10-18(23)25-4)20(24)19(15)16(17)13-22/h9,15-17,19H,7-8,10-12H2,1-6H3/b14-9-/t15-,16-,17+,19-/m0/s1. The average molecular weight is 392 g/mol. The second kappa shape index (κ2) is 8.28. The van der Waals surface area contributed by atoms with Crippen LogP contribution in [0.15, 0.2) is 11.6 Å². The lowest BCUT2D eigenvalue weighted by atomic mass is 9.91. The van der Waals surface area contributed by atoms with Gasteiger partial charge in [0.2, 0.25) is 0 Å². The number of hydrogen-bond donors (Lipinski definition) is 0. The number of hydrogen-bond acceptors (Lipinski definition) is 5. The highest BCUT2D eigenvalue weighted by Crippen LogP contribution is 2.50. The molecule has 0 heterocycles. The lowest BCUT2D eigenvalue weighted by Gasteiger charge is -2.39. The molecule has 0 radical (unpaired) electrons. The number of fused-ring (bicyclic) bond motifs is 1. The first-order chi connectivity index (χ1) is 12.5. The lowest BCUT2D eigenvalue weighted by molar-refractivity contribution is -0.140. The van der Waals surface area contributed by atoms with Crippen molar-refractivity contribution in [3.8, 4) is 6.07 Å². The van der Waals surface area contributed by atoms with E-state index < -0.39 is 8.32 Å². The van der Waals surface area contributed by atoms with Gasteiger partial charge in [-0.1, -0.05) is 26.8 Å². The molecule has 0 amide bonds. The van der Waals surface area contributed by atoms with Gasteiger partial charge in [-0.15, -0.1) is 0 Å². The fourth-order valence-corrected chi connectivity index (χ4v) is 5.30. The Morgan fingerprint density at radius 1 is 1.37 bits per heavy atom. The van der Waals surface area contributed by atoms with Gasteiger partial charge in [-0.05, 0) is 55.3 Å². The molecule has 4 atom stereocenters. The number of unbranched alkanes of at least 4 members (excludes halogenated alkanes) is 1. The number of carbonyl (C=O) groups excluding carboxylic acids is 2. The Hall–Kier alpha value is -1.45. The van der Waals surface area contributed by atoms with E-state index in [0.29, 0.717) is 19.3 Å². The smallest absolute Gasteiger partial charge is 0.305 e. The molecule has 0 N–H and O–H groups in total. The van der Waals surface area contributed by atoms with E-state index in [9.17, 15) is 14.9 Å². The summed E-state index contributed by atoms with van der Waals surface area (Å²) < 4.78 is 11.2. The van der Waals surface area contributed by atoms with E-state index in [1.165, 1.54) is 7.11 Å². The van der Waals surface area contributed by atoms with Crippen molar-refractivity contribution in [2.45, 2.75) is 77.1 Å². The number of methoxy groups -OCH3 is 1. The normalized spacial score (nSPS) is 29.7. The maximum Gasteiger partial charge on any atom is 0.305 e. The molecular formula is C21H33NO4Si. The van der Waals surface area contributed by atoms with Gasteiger partial charge in [0.1, 0.15) is 0 Å². The highest BCUT2D eigenvalue weighted by atomic mass is 28.4. The van der Waals surface area contributed by atoms with Crippen LogP contribution >= 0.6 is 0 Å². The van der Waals surface area contributed by atoms with Crippen molar-refractivity contribution < 1.29 is 18.8 Å². The predicted molar refractivity (Wildman–Crippen MR) is 106 cm³/mol. The zero-order valence-electron chi connectivity index (χ0n) is 17.5. The van der Waals surface area contributed by atoms with Crippen LogP contribution in [0.4, 0.5) is 0 Å². The van der Waals surface area contributed by atoms with Crippen molar-refractivity contribution in [3.05, 3.63) is 11.6 Å². The Labute approximate surface area is 164 Å². The highest BCUT2D eigenvalue weighted by Gasteiger charge is 2.54. The maximum atomic E-state index is 12.9. The van der Waals surface area contributed by atoms with Crippen molar-refractivity contribution in [1.82, 2.24) is 0 Å². The minimum absolute atomic E-state index is 0.0828. The predicted octanol–water partition coefficient (Wildman–Crippen LogP) is 4.40. The number of allylic oxidation sites excluding steroid dienone is 2. The number of ketones is 1. The summed E-state index contributed by atoms with van der Waals surface area (Å²) in [5.41, 5.74) is 0.834. The Balaban J connectivity index is 2.02. The van der Waals surface area contributed by atoms with Crippen molar-refractivity contribution in [2.75, 3.05) is 7.11 Å². The summed E-state index contributed by atoms with van der Waals surface area (Å²) in [7, 11) is -0.594. The van der Waals surface area contributed by atoms with Crippen LogP contribution in [0.25, 0.3) is 0 Å². The molecule has 27 heavy (non-hydrogen) atoms. The van der Waals surface area contributed by atoms with Crippen LogP contribution in [-0.4, -0.2) is 33.3 Å². The summed E-state index contributed by atoms with van der Waals surface area (Å²) >= 11 is 0. The van der Waals surface area contributed by atoms with E-state index in [1.807, 2.05) is 6.08 Å². The summed E-state index contributed by atoms with van der Waals surface area (Å²) in [6.07, 6.45) is 5.09. The Kier molecular flexibility index (Phi) is 6.70. The van der Waals surface area contributed by atoms with Crippen LogP contribution in [0.1, 0.15) is 52.9 Å². The molecule has 2 saturated carbocycles. The van der Waals surface area contributed by atoms with Crippen LogP contribution in [0.3, 0.4) is 0 Å². The number of nitriles is 1. The first-order valence-electron chi connectivity index (χ1n) is 9.89. The second-order valence-electron chi connectivity index (χ2n) is 9.36. The fraction of sp³-hybridized carbons (Fsp3) is 0.762. The van der Waals surface area contributed by atoms with Gasteiger partial charge >= 0.3 is 5.97 Å². The molecule has 0 aromatic heterocycles. The number of Topliss-reactive ketones (excluding diaryl/α,β-unsaturated/α-hetero) is 1. The monoisotopic (exact) mass is 391 g/mol. The molecular weight excluding hydrogens is 358 g/mol. The number of nitrogens with zero attached hydrogens (tertiary/aromatic N) is 1. The largest absolute Gasteiger partial charge is 0.469 e. The first-order valence-corrected chi connectivity index (χ1v) is 12.8. The Morgan fingerprint density at radius 2 is 2.04 bits per heavy atom. The molecule has 0 aromatic rings. The molecule has 2 fully saturated rings. The lowest BCUT2D eigenvalue weighted by Crippen LogP contribution is -2.45. The van der Waals surface area contributed by atoms with Crippen molar-refractivity contribution in [1.29, 1.82) is 5.26 Å². The van der Waals surface area contributed by atoms with E-state index in [2.05, 4.69) is 44.7 Å². The van der Waals surface area contributed by atoms with E-state index >= 15 is 0 Å². The molecule has 5 nitrogen and oxygen atoms in total. The molecule has 0 bridgehead atoms. The zero-order valence-corrected chi connectivity index (χ0v) is 18.5. The molecule has 0 spiro atoms. The molecule has 0 aliphatic heterocycles. The average Bonchev–Trinajstić information content (AvgIpc) is 3.05. The summed E-state index contributed by atoms with van der Waals surface area (Å²) in [6.45, 7) is 11.0. The summed E-state index contributed by atoms with van der Waals surface area (Å²) in [6, 6.07) is 2.39. The molecule has 6 heteroatoms. The minimum atomic E-state index is -1.98. The topological polar surface area (TPSA) is 76.4 Å². The van der Waals surface area contributed by atoms with Crippen molar-refractivity contribution in [3.63, 3.8) is 0 Å². The van der Waals surface area contributed by atoms with E-state index in [4.69, 9.17) is 4.43 Å². The van der Waals surface area contributed by atoms with Crippen LogP contribution in [-0.2, 0) is 18.8 Å². The maximum absolute atomic E-state index is 12.9. The minimum Gasteiger partial charge on any atom is -0.469 e. The van der Waals surface area contributed by atoms with Gasteiger partial charge in [0.05, 0.1) is 25.2 Å². The second-order valence-corrected chi connectivity index (χ2v) is 14.1. The Morgan fingerprint density at radius 3 is 2.59 bits per heavy atom. The highest BCUT2D eigenvalue weighted by molar-refractivity contribution is 6.74. The van der Waals surface area contributed by atoms with Crippen LogP contribution in [0, 0.1) is 29.1 Å². The van der Waals surface area contributed by atoms with E-state index in [1.54, 1.807) is 0 Å². The summed E-state index contributed by atoms with van der Waals surface area (Å²) in [5.74, 6) is -0.470. The van der Waals surface area contributed by atoms with Crippen molar-refractivity contribution in [2.24, 2.45) is 17.8 Å². The summed E-state index contributed by atoms with van der Waals surface area (Å²) in [4.78, 5) is 24.1. The molecule has 0 unspecified atom stereocenters. The SMILES string of the molecule is COC(=O)CCC/C=C1/C[C@H]2C[C@@H](O[Si](C)(C)C(C)(C)C)[C@H](C#N)[C@H]2C1=O. The van der Waals surface area contributed by atoms with Crippen LogP contribution < -0.4 is 0 Å². The van der Waals surface area contributed by atoms with Gasteiger partial charge in [-0.3, -0.25) is 9.59 Å². The molecule has 0 aromatic carbocycles. The number of carbonyl (C=O) groups is 2. The van der Waals surface area contributed by atoms with Gasteiger partial charge in [0.15, 0.2) is 14.1 Å². The van der Waals surface area contributed by atoms with Gasteiger partial charge in [-0.2, -0.15) is 5.26 Å². The summed E-state index contributed by atoms with van der Waals surface area (Å²) in [5, 5.41) is 9.83. The van der Waals surface area contributed by atoms with Crippen LogP contribution in [0.2, 0.25) is 18.1 Å². The van der Waals surface area contributed by atoms with E-state index in [-0.39, 0.29) is 40.6 Å². The first kappa shape index (κ1) is 21.8. The van der Waals surface area contributed by atoms with Gasteiger partial charge in [0.25, 0.3) is 0 Å². The zero-order chi connectivity index (χ0) is 20.4. The Bertz CT molecular complexity index is 656. The van der Waals surface area contributed by atoms with Gasteiger partial charge in [-0.25, -0.2) is 0 Å². The fourth-order valence-electron chi connectivity index (χ4n) is 3.95. The molecule has 0 saturated heterocycles. The molecule has 2 rings (SSSR count). The third-order valence-corrected chi connectivity index (χ3v) is 11.0. The van der Waals surface area contributed by atoms with E-state index in [0.717, 1.165) is 18.4 Å². The molecule has 2 aliphatic rings. The number of rotatable bonds is 6.